The van der Waals surface area contributed by atoms with Gasteiger partial charge in [0, 0.05) is 17.8 Å². The molecule has 2 aromatic rings. The Morgan fingerprint density at radius 1 is 1.35 bits per heavy atom. The molecule has 1 heterocycles. The van der Waals surface area contributed by atoms with Gasteiger partial charge in [-0.25, -0.2) is 13.6 Å². The molecule has 3 N–H and O–H groups in total. The van der Waals surface area contributed by atoms with Gasteiger partial charge in [0.2, 0.25) is 0 Å². The van der Waals surface area contributed by atoms with Gasteiger partial charge in [-0.2, -0.15) is 5.10 Å². The summed E-state index contributed by atoms with van der Waals surface area (Å²) >= 11 is 5.75. The lowest BCUT2D eigenvalue weighted by Crippen LogP contribution is -2.32. The van der Waals surface area contributed by atoms with Gasteiger partial charge in [-0.3, -0.25) is 4.68 Å². The van der Waals surface area contributed by atoms with E-state index in [2.05, 4.69) is 15.7 Å². The fourth-order valence-electron chi connectivity index (χ4n) is 1.84. The molecule has 0 saturated heterocycles. The van der Waals surface area contributed by atoms with Gasteiger partial charge in [0.25, 0.3) is 6.43 Å². The Hall–Kier alpha value is -2.19. The fourth-order valence-corrected chi connectivity index (χ4v) is 1.96. The van der Waals surface area contributed by atoms with Crippen LogP contribution in [0.15, 0.2) is 36.7 Å². The van der Waals surface area contributed by atoms with Crippen molar-refractivity contribution >= 4 is 23.3 Å². The third kappa shape index (κ3) is 5.50. The van der Waals surface area contributed by atoms with Gasteiger partial charge < -0.3 is 15.7 Å². The zero-order valence-corrected chi connectivity index (χ0v) is 12.7. The number of hydrogen-bond acceptors (Lipinski definition) is 3. The number of aliphatic hydroxyl groups excluding tert-OH is 1. The average Bonchev–Trinajstić information content (AvgIpc) is 2.91. The van der Waals surface area contributed by atoms with Crippen LogP contribution < -0.4 is 10.6 Å². The van der Waals surface area contributed by atoms with Crippen molar-refractivity contribution in [2.45, 2.75) is 19.1 Å². The third-order valence-corrected chi connectivity index (χ3v) is 3.18. The molecule has 1 aromatic heterocycles. The van der Waals surface area contributed by atoms with E-state index in [1.54, 1.807) is 24.3 Å². The summed E-state index contributed by atoms with van der Waals surface area (Å²) in [6.45, 7) is -0.558. The number of rotatable bonds is 6. The first-order valence-electron chi connectivity index (χ1n) is 6.73. The van der Waals surface area contributed by atoms with Crippen LogP contribution in [0.4, 0.5) is 19.3 Å². The molecule has 0 fully saturated rings. The number of urea groups is 1. The average molecular weight is 345 g/mol. The van der Waals surface area contributed by atoms with Crippen molar-refractivity contribution in [3.8, 4) is 0 Å². The summed E-state index contributed by atoms with van der Waals surface area (Å²) < 4.78 is 25.4. The maximum Gasteiger partial charge on any atom is 0.319 e. The number of benzene rings is 1. The van der Waals surface area contributed by atoms with Crippen molar-refractivity contribution in [3.05, 3.63) is 47.2 Å². The quantitative estimate of drug-likeness (QED) is 0.753. The van der Waals surface area contributed by atoms with Crippen LogP contribution in [0.25, 0.3) is 0 Å². The highest BCUT2D eigenvalue weighted by Crippen LogP contribution is 2.15. The number of amides is 2. The molecule has 0 spiro atoms. The highest BCUT2D eigenvalue weighted by molar-refractivity contribution is 6.30. The number of aliphatic hydroxyl groups is 1. The Bertz CT molecular complexity index is 648. The summed E-state index contributed by atoms with van der Waals surface area (Å²) in [6.07, 6.45) is -0.857. The van der Waals surface area contributed by atoms with Crippen molar-refractivity contribution in [1.82, 2.24) is 15.1 Å². The Morgan fingerprint density at radius 2 is 2.04 bits per heavy atom. The predicted octanol–water partition coefficient (Wildman–Crippen LogP) is 2.66. The van der Waals surface area contributed by atoms with Gasteiger partial charge in [0.05, 0.1) is 18.0 Å². The van der Waals surface area contributed by atoms with E-state index in [0.717, 1.165) is 4.68 Å². The lowest BCUT2D eigenvalue weighted by molar-refractivity contribution is 0.122. The molecule has 0 aliphatic rings. The second kappa shape index (κ2) is 7.89. The topological polar surface area (TPSA) is 79.2 Å². The van der Waals surface area contributed by atoms with E-state index in [9.17, 15) is 18.7 Å². The maximum atomic E-state index is 12.2. The third-order valence-electron chi connectivity index (χ3n) is 2.93. The minimum atomic E-state index is -2.52. The molecule has 1 unspecified atom stereocenters. The molecule has 1 aromatic carbocycles. The van der Waals surface area contributed by atoms with Crippen LogP contribution in [0.3, 0.4) is 0 Å². The minimum Gasteiger partial charge on any atom is -0.387 e. The molecule has 0 aliphatic heterocycles. The lowest BCUT2D eigenvalue weighted by Gasteiger charge is -2.12. The maximum absolute atomic E-state index is 12.2. The van der Waals surface area contributed by atoms with Crippen LogP contribution in [0, 0.1) is 0 Å². The first-order valence-corrected chi connectivity index (χ1v) is 7.11. The number of aromatic nitrogens is 2. The van der Waals surface area contributed by atoms with Crippen molar-refractivity contribution in [1.29, 1.82) is 0 Å². The molecule has 9 heteroatoms. The molecular formula is C14H15ClF2N4O2. The van der Waals surface area contributed by atoms with Gasteiger partial charge >= 0.3 is 6.03 Å². The van der Waals surface area contributed by atoms with Crippen LogP contribution in [-0.4, -0.2) is 33.9 Å². The molecule has 0 aliphatic carbocycles. The van der Waals surface area contributed by atoms with E-state index < -0.39 is 25.1 Å². The summed E-state index contributed by atoms with van der Waals surface area (Å²) in [4.78, 5) is 11.7. The number of carbonyl (C=O) groups is 1. The second-order valence-electron chi connectivity index (χ2n) is 4.74. The zero-order valence-electron chi connectivity index (χ0n) is 11.9. The first-order chi connectivity index (χ1) is 10.9. The standard InChI is InChI=1S/C14H15ClF2N4O2/c15-10-3-1-9(2-4-10)12(22)6-18-14(23)20-11-5-19-21(7-11)8-13(16)17/h1-5,7,12-13,22H,6,8H2,(H2,18,20,23). The molecule has 1 atom stereocenters. The van der Waals surface area contributed by atoms with Gasteiger partial charge in [0.1, 0.15) is 6.54 Å². The van der Waals surface area contributed by atoms with Gasteiger partial charge in [-0.15, -0.1) is 0 Å². The predicted molar refractivity (Wildman–Crippen MR) is 81.7 cm³/mol. The van der Waals surface area contributed by atoms with E-state index in [1.165, 1.54) is 12.4 Å². The molecule has 6 nitrogen and oxygen atoms in total. The molecular weight excluding hydrogens is 330 g/mol. The van der Waals surface area contributed by atoms with Gasteiger partial charge in [0.15, 0.2) is 0 Å². The van der Waals surface area contributed by atoms with Crippen molar-refractivity contribution in [2.75, 3.05) is 11.9 Å². The minimum absolute atomic E-state index is 0.0152. The highest BCUT2D eigenvalue weighted by atomic mass is 35.5. The lowest BCUT2D eigenvalue weighted by atomic mass is 10.1. The van der Waals surface area contributed by atoms with Crippen molar-refractivity contribution in [3.63, 3.8) is 0 Å². The Labute approximate surface area is 136 Å². The van der Waals surface area contributed by atoms with Gasteiger partial charge in [-0.05, 0) is 17.7 Å². The summed E-state index contributed by atoms with van der Waals surface area (Å²) in [5, 5.41) is 19.1. The number of carbonyl (C=O) groups excluding carboxylic acids is 1. The van der Waals surface area contributed by atoms with E-state index in [4.69, 9.17) is 11.6 Å². The van der Waals surface area contributed by atoms with Crippen molar-refractivity contribution in [2.24, 2.45) is 0 Å². The number of halogens is 3. The molecule has 2 rings (SSSR count). The van der Waals surface area contributed by atoms with E-state index in [0.29, 0.717) is 10.6 Å². The Kier molecular flexibility index (Phi) is 5.89. The van der Waals surface area contributed by atoms with Crippen LogP contribution in [0.2, 0.25) is 5.02 Å². The fraction of sp³-hybridized carbons (Fsp3) is 0.286. The summed E-state index contributed by atoms with van der Waals surface area (Å²) in [5.74, 6) is 0. The number of nitrogens with one attached hydrogen (secondary N) is 2. The number of anilines is 1. The number of hydrogen-bond donors (Lipinski definition) is 3. The van der Waals surface area contributed by atoms with E-state index in [1.807, 2.05) is 0 Å². The molecule has 0 radical (unpaired) electrons. The molecule has 23 heavy (non-hydrogen) atoms. The van der Waals surface area contributed by atoms with Crippen LogP contribution >= 0.6 is 11.6 Å². The van der Waals surface area contributed by atoms with Gasteiger partial charge in [-0.1, -0.05) is 23.7 Å². The van der Waals surface area contributed by atoms with Crippen LogP contribution in [-0.2, 0) is 6.54 Å². The number of nitrogens with zero attached hydrogens (tertiary/aromatic N) is 2. The summed E-state index contributed by atoms with van der Waals surface area (Å²) in [6, 6.07) is 6.01. The molecule has 124 valence electrons. The largest absolute Gasteiger partial charge is 0.387 e. The molecule has 0 bridgehead atoms. The smallest absolute Gasteiger partial charge is 0.319 e. The Morgan fingerprint density at radius 3 is 2.70 bits per heavy atom. The van der Waals surface area contributed by atoms with E-state index in [-0.39, 0.29) is 12.2 Å². The van der Waals surface area contributed by atoms with Crippen molar-refractivity contribution < 1.29 is 18.7 Å². The molecule has 0 saturated carbocycles. The SMILES string of the molecule is O=C(NCC(O)c1ccc(Cl)cc1)Nc1cnn(CC(F)F)c1. The second-order valence-corrected chi connectivity index (χ2v) is 5.18. The van der Waals surface area contributed by atoms with Crippen LogP contribution in [0.5, 0.6) is 0 Å². The summed E-state index contributed by atoms with van der Waals surface area (Å²) in [7, 11) is 0. The normalized spacial score (nSPS) is 12.2. The number of alkyl halides is 2. The van der Waals surface area contributed by atoms with E-state index >= 15 is 0 Å². The van der Waals surface area contributed by atoms with Crippen LogP contribution in [0.1, 0.15) is 11.7 Å². The molecule has 2 amide bonds. The summed E-state index contributed by atoms with van der Waals surface area (Å²) in [5.41, 5.74) is 0.892. The highest BCUT2D eigenvalue weighted by Gasteiger charge is 2.11. The first kappa shape index (κ1) is 17.2. The zero-order chi connectivity index (χ0) is 16.8. The Balaban J connectivity index is 1.80. The monoisotopic (exact) mass is 344 g/mol.